The van der Waals surface area contributed by atoms with Crippen LogP contribution in [0, 0.1) is 13.8 Å². The predicted molar refractivity (Wildman–Crippen MR) is 87.6 cm³/mol. The van der Waals surface area contributed by atoms with E-state index in [1.165, 1.54) is 34.5 Å². The van der Waals surface area contributed by atoms with E-state index in [0.717, 1.165) is 10.4 Å². The van der Waals surface area contributed by atoms with Crippen molar-refractivity contribution in [3.05, 3.63) is 45.6 Å². The second-order valence-corrected chi connectivity index (χ2v) is 6.47. The van der Waals surface area contributed by atoms with E-state index < -0.39 is 0 Å². The minimum Gasteiger partial charge on any atom is -0.506 e. The van der Waals surface area contributed by atoms with Gasteiger partial charge in [-0.05, 0) is 48.0 Å². The highest BCUT2D eigenvalue weighted by molar-refractivity contribution is 7.15. The number of halogens is 1. The smallest absolute Gasteiger partial charge is 0.259 e. The van der Waals surface area contributed by atoms with Crippen LogP contribution in [0.15, 0.2) is 24.5 Å². The first-order valence-corrected chi connectivity index (χ1v) is 7.80. The van der Waals surface area contributed by atoms with Crippen LogP contribution in [0.3, 0.4) is 0 Å². The summed E-state index contributed by atoms with van der Waals surface area (Å²) in [7, 11) is 0. The molecule has 0 fully saturated rings. The molecule has 2 N–H and O–H groups in total. The number of carbonyl (C=O) groups excluding carboxylic acids is 1. The molecule has 1 aromatic carbocycles. The van der Waals surface area contributed by atoms with Crippen molar-refractivity contribution >= 4 is 34.5 Å². The number of benzene rings is 1. The summed E-state index contributed by atoms with van der Waals surface area (Å²) in [5, 5.41) is 24.6. The van der Waals surface area contributed by atoms with Crippen LogP contribution in [-0.2, 0) is 0 Å². The van der Waals surface area contributed by atoms with Crippen molar-refractivity contribution in [1.29, 1.82) is 0 Å². The van der Waals surface area contributed by atoms with Crippen LogP contribution in [0.25, 0.3) is 5.00 Å². The van der Waals surface area contributed by atoms with Crippen molar-refractivity contribution in [3.8, 4) is 10.8 Å². The zero-order valence-corrected chi connectivity index (χ0v) is 13.8. The Morgan fingerprint density at radius 3 is 2.87 bits per heavy atom. The van der Waals surface area contributed by atoms with Crippen LogP contribution in [0.4, 0.5) is 5.69 Å². The second kappa shape index (κ2) is 5.98. The molecule has 3 rings (SSSR count). The van der Waals surface area contributed by atoms with E-state index in [9.17, 15) is 9.90 Å². The number of hydrogen-bond donors (Lipinski definition) is 2. The Morgan fingerprint density at radius 2 is 2.17 bits per heavy atom. The van der Waals surface area contributed by atoms with Crippen molar-refractivity contribution in [1.82, 2.24) is 20.2 Å². The minimum absolute atomic E-state index is 0.0590. The molecule has 0 aliphatic rings. The molecule has 3 aromatic rings. The molecule has 1 amide bonds. The Hall–Kier alpha value is -2.45. The van der Waals surface area contributed by atoms with E-state index in [1.807, 2.05) is 13.8 Å². The SMILES string of the molecule is Cc1sc(-n2cnnn2)c(C(=O)Nc2cc(Cl)ccc2O)c1C. The fraction of sp³-hybridized carbons (Fsp3) is 0.143. The van der Waals surface area contributed by atoms with Gasteiger partial charge in [0.1, 0.15) is 17.1 Å². The number of aromatic hydroxyl groups is 1. The number of carbonyl (C=O) groups is 1. The monoisotopic (exact) mass is 349 g/mol. The number of nitrogens with one attached hydrogen (secondary N) is 1. The highest BCUT2D eigenvalue weighted by Gasteiger charge is 2.22. The summed E-state index contributed by atoms with van der Waals surface area (Å²) in [6, 6.07) is 4.45. The second-order valence-electron chi connectivity index (χ2n) is 4.83. The molecule has 2 heterocycles. The molecule has 0 bridgehead atoms. The zero-order chi connectivity index (χ0) is 16.6. The third-order valence-electron chi connectivity index (χ3n) is 3.36. The molecular weight excluding hydrogens is 338 g/mol. The fourth-order valence-corrected chi connectivity index (χ4v) is 3.33. The topological polar surface area (TPSA) is 92.9 Å². The maximum absolute atomic E-state index is 12.7. The van der Waals surface area contributed by atoms with Crippen molar-refractivity contribution in [2.45, 2.75) is 13.8 Å². The van der Waals surface area contributed by atoms with Gasteiger partial charge < -0.3 is 10.4 Å². The number of amides is 1. The molecule has 23 heavy (non-hydrogen) atoms. The molecule has 0 spiro atoms. The van der Waals surface area contributed by atoms with Crippen LogP contribution >= 0.6 is 22.9 Å². The zero-order valence-electron chi connectivity index (χ0n) is 12.2. The standard InChI is InChI=1S/C14H12ClN5O2S/c1-7-8(2)23-14(20-6-16-18-19-20)12(7)13(22)17-10-5-9(15)3-4-11(10)21/h3-6,21H,1-2H3,(H,17,22). The highest BCUT2D eigenvalue weighted by atomic mass is 35.5. The van der Waals surface area contributed by atoms with Gasteiger partial charge in [-0.15, -0.1) is 16.4 Å². The number of phenolic OH excluding ortho intramolecular Hbond substituents is 1. The molecule has 0 saturated heterocycles. The number of anilines is 1. The van der Waals surface area contributed by atoms with E-state index in [0.29, 0.717) is 15.6 Å². The van der Waals surface area contributed by atoms with E-state index in [2.05, 4.69) is 20.8 Å². The Bertz CT molecular complexity index is 876. The average Bonchev–Trinajstić information content (AvgIpc) is 3.12. The van der Waals surface area contributed by atoms with Crippen molar-refractivity contribution in [2.75, 3.05) is 5.32 Å². The lowest BCUT2D eigenvalue weighted by molar-refractivity contribution is 0.102. The lowest BCUT2D eigenvalue weighted by Gasteiger charge is -2.09. The molecule has 7 nitrogen and oxygen atoms in total. The first-order valence-electron chi connectivity index (χ1n) is 6.60. The molecular formula is C14H12ClN5O2S. The summed E-state index contributed by atoms with van der Waals surface area (Å²) in [6.07, 6.45) is 1.43. The first-order chi connectivity index (χ1) is 11.0. The van der Waals surface area contributed by atoms with E-state index >= 15 is 0 Å². The fourth-order valence-electron chi connectivity index (χ4n) is 2.09. The molecule has 0 unspecified atom stereocenters. The molecule has 118 valence electrons. The lowest BCUT2D eigenvalue weighted by Crippen LogP contribution is -2.15. The summed E-state index contributed by atoms with van der Waals surface area (Å²) >= 11 is 7.32. The summed E-state index contributed by atoms with van der Waals surface area (Å²) in [4.78, 5) is 13.7. The minimum atomic E-state index is -0.366. The van der Waals surface area contributed by atoms with E-state index in [-0.39, 0.29) is 17.3 Å². The Morgan fingerprint density at radius 1 is 1.39 bits per heavy atom. The number of nitrogens with zero attached hydrogens (tertiary/aromatic N) is 4. The normalized spacial score (nSPS) is 10.7. The summed E-state index contributed by atoms with van der Waals surface area (Å²) < 4.78 is 1.44. The van der Waals surface area contributed by atoms with Crippen molar-refractivity contribution < 1.29 is 9.90 Å². The summed E-state index contributed by atoms with van der Waals surface area (Å²) in [6.45, 7) is 3.77. The van der Waals surface area contributed by atoms with Crippen molar-refractivity contribution in [3.63, 3.8) is 0 Å². The molecule has 0 atom stereocenters. The molecule has 0 aliphatic heterocycles. The largest absolute Gasteiger partial charge is 0.506 e. The highest BCUT2D eigenvalue weighted by Crippen LogP contribution is 2.32. The average molecular weight is 350 g/mol. The molecule has 0 saturated carbocycles. The van der Waals surface area contributed by atoms with E-state index in [4.69, 9.17) is 11.6 Å². The summed E-state index contributed by atoms with van der Waals surface area (Å²) in [5.41, 5.74) is 1.53. The quantitative estimate of drug-likeness (QED) is 0.709. The molecule has 9 heteroatoms. The molecule has 2 aromatic heterocycles. The van der Waals surface area contributed by atoms with Gasteiger partial charge in [-0.1, -0.05) is 11.6 Å². The number of tetrazole rings is 1. The van der Waals surface area contributed by atoms with Gasteiger partial charge in [-0.2, -0.15) is 4.68 Å². The Kier molecular flexibility index (Phi) is 4.01. The van der Waals surface area contributed by atoms with Gasteiger partial charge in [0.05, 0.1) is 11.3 Å². The van der Waals surface area contributed by atoms with Crippen LogP contribution in [0.5, 0.6) is 5.75 Å². The maximum Gasteiger partial charge on any atom is 0.259 e. The van der Waals surface area contributed by atoms with Gasteiger partial charge in [-0.3, -0.25) is 4.79 Å². The number of aryl methyl sites for hydroxylation is 1. The van der Waals surface area contributed by atoms with Gasteiger partial charge in [0.15, 0.2) is 0 Å². The third kappa shape index (κ3) is 2.90. The third-order valence-corrected chi connectivity index (χ3v) is 4.79. The Labute approximate surface area is 140 Å². The number of phenols is 1. The lowest BCUT2D eigenvalue weighted by atomic mass is 10.1. The molecule has 0 radical (unpaired) electrons. The van der Waals surface area contributed by atoms with Gasteiger partial charge in [0.25, 0.3) is 5.91 Å². The number of rotatable bonds is 3. The van der Waals surface area contributed by atoms with Gasteiger partial charge in [0.2, 0.25) is 0 Å². The first kappa shape index (κ1) is 15.4. The number of hydrogen-bond acceptors (Lipinski definition) is 6. The predicted octanol–water partition coefficient (Wildman–Crippen LogP) is 2.95. The number of aromatic nitrogens is 4. The van der Waals surface area contributed by atoms with Crippen LogP contribution in [-0.4, -0.2) is 31.2 Å². The van der Waals surface area contributed by atoms with E-state index in [1.54, 1.807) is 6.07 Å². The number of thiophene rings is 1. The van der Waals surface area contributed by atoms with Crippen LogP contribution in [0.1, 0.15) is 20.8 Å². The van der Waals surface area contributed by atoms with Crippen molar-refractivity contribution in [2.24, 2.45) is 0 Å². The summed E-state index contributed by atoms with van der Waals surface area (Å²) in [5.74, 6) is -0.425. The van der Waals surface area contributed by atoms with Gasteiger partial charge in [-0.25, -0.2) is 0 Å². The van der Waals surface area contributed by atoms with Gasteiger partial charge in [0, 0.05) is 9.90 Å². The van der Waals surface area contributed by atoms with Crippen LogP contribution < -0.4 is 5.32 Å². The van der Waals surface area contributed by atoms with Crippen LogP contribution in [0.2, 0.25) is 5.02 Å². The maximum atomic E-state index is 12.7. The Balaban J connectivity index is 2.01. The molecule has 0 aliphatic carbocycles. The van der Waals surface area contributed by atoms with Gasteiger partial charge >= 0.3 is 0 Å².